The van der Waals surface area contributed by atoms with E-state index in [1.165, 1.54) is 23.9 Å². The molecule has 0 bridgehead atoms. The number of aryl methyl sites for hydroxylation is 2. The standard InChI is InChI=1S/C16H16N4O2S/c1-11-6-7-15(12(2)8-11)18-16(23)19-17-10-13-4-3-5-14(9-13)20(21)22/h3-10H,1-2H3,(H2,18,19,23)/b17-10+. The van der Waals surface area contributed by atoms with Crippen LogP contribution in [-0.4, -0.2) is 16.3 Å². The summed E-state index contributed by atoms with van der Waals surface area (Å²) in [6.45, 7) is 4.01. The SMILES string of the molecule is Cc1ccc(NC(=S)N/N=C/c2cccc([N+](=O)[O-])c2)c(C)c1. The van der Waals surface area contributed by atoms with Crippen LogP contribution in [-0.2, 0) is 0 Å². The fourth-order valence-corrected chi connectivity index (χ4v) is 2.15. The summed E-state index contributed by atoms with van der Waals surface area (Å²) >= 11 is 5.17. The first-order chi connectivity index (χ1) is 11.0. The zero-order valence-electron chi connectivity index (χ0n) is 12.7. The number of nitro groups is 1. The first kappa shape index (κ1) is 16.6. The van der Waals surface area contributed by atoms with Crippen molar-refractivity contribution in [3.05, 3.63) is 69.3 Å². The van der Waals surface area contributed by atoms with Gasteiger partial charge in [-0.2, -0.15) is 5.10 Å². The van der Waals surface area contributed by atoms with Gasteiger partial charge >= 0.3 is 0 Å². The van der Waals surface area contributed by atoms with Crippen molar-refractivity contribution in [2.75, 3.05) is 5.32 Å². The predicted molar refractivity (Wildman–Crippen MR) is 96.0 cm³/mol. The monoisotopic (exact) mass is 328 g/mol. The molecule has 118 valence electrons. The fourth-order valence-electron chi connectivity index (χ4n) is 1.99. The van der Waals surface area contributed by atoms with Gasteiger partial charge in [-0.05, 0) is 37.7 Å². The lowest BCUT2D eigenvalue weighted by Gasteiger charge is -2.10. The molecule has 2 rings (SSSR count). The van der Waals surface area contributed by atoms with Crippen LogP contribution in [0.4, 0.5) is 11.4 Å². The molecule has 0 aliphatic rings. The van der Waals surface area contributed by atoms with Crippen molar-refractivity contribution in [2.45, 2.75) is 13.8 Å². The van der Waals surface area contributed by atoms with Crippen LogP contribution >= 0.6 is 12.2 Å². The Labute approximate surface area is 139 Å². The zero-order chi connectivity index (χ0) is 16.8. The molecule has 23 heavy (non-hydrogen) atoms. The molecule has 0 amide bonds. The van der Waals surface area contributed by atoms with E-state index >= 15 is 0 Å². The molecule has 2 N–H and O–H groups in total. The number of hydrogen-bond acceptors (Lipinski definition) is 4. The van der Waals surface area contributed by atoms with Gasteiger partial charge in [-0.15, -0.1) is 0 Å². The van der Waals surface area contributed by atoms with E-state index in [2.05, 4.69) is 21.9 Å². The number of hydrazone groups is 1. The van der Waals surface area contributed by atoms with Crippen LogP contribution in [0.1, 0.15) is 16.7 Å². The van der Waals surface area contributed by atoms with Crippen molar-refractivity contribution >= 4 is 34.9 Å². The molecule has 0 saturated heterocycles. The fraction of sp³-hybridized carbons (Fsp3) is 0.125. The number of benzene rings is 2. The molecule has 0 atom stereocenters. The molecule has 2 aromatic rings. The van der Waals surface area contributed by atoms with Crippen LogP contribution in [0.25, 0.3) is 0 Å². The van der Waals surface area contributed by atoms with E-state index in [0.717, 1.165) is 11.3 Å². The number of rotatable bonds is 4. The predicted octanol–water partition coefficient (Wildman–Crippen LogP) is 3.53. The Kier molecular flexibility index (Phi) is 5.37. The van der Waals surface area contributed by atoms with Gasteiger partial charge in [0.25, 0.3) is 5.69 Å². The number of non-ortho nitro benzene ring substituents is 1. The summed E-state index contributed by atoms with van der Waals surface area (Å²) in [5.74, 6) is 0. The van der Waals surface area contributed by atoms with Gasteiger partial charge in [-0.1, -0.05) is 29.8 Å². The summed E-state index contributed by atoms with van der Waals surface area (Å²) in [5.41, 5.74) is 6.48. The number of nitrogens with one attached hydrogen (secondary N) is 2. The van der Waals surface area contributed by atoms with Crippen molar-refractivity contribution in [1.82, 2.24) is 5.43 Å². The lowest BCUT2D eigenvalue weighted by atomic mass is 10.1. The van der Waals surface area contributed by atoms with Gasteiger partial charge < -0.3 is 5.32 Å². The highest BCUT2D eigenvalue weighted by atomic mass is 32.1. The Bertz CT molecular complexity index is 774. The Morgan fingerprint density at radius 3 is 2.74 bits per heavy atom. The quantitative estimate of drug-likeness (QED) is 0.388. The Morgan fingerprint density at radius 1 is 1.26 bits per heavy atom. The summed E-state index contributed by atoms with van der Waals surface area (Å²) in [5, 5.41) is 18.1. The van der Waals surface area contributed by atoms with E-state index in [4.69, 9.17) is 12.2 Å². The average Bonchev–Trinajstić information content (AvgIpc) is 2.50. The Balaban J connectivity index is 1.96. The second kappa shape index (κ2) is 7.46. The number of hydrogen-bond donors (Lipinski definition) is 2. The van der Waals surface area contributed by atoms with Gasteiger partial charge in [-0.25, -0.2) is 0 Å². The highest BCUT2D eigenvalue weighted by Crippen LogP contribution is 2.15. The minimum Gasteiger partial charge on any atom is -0.331 e. The van der Waals surface area contributed by atoms with Crippen molar-refractivity contribution < 1.29 is 4.92 Å². The first-order valence-corrected chi connectivity index (χ1v) is 7.28. The average molecular weight is 328 g/mol. The molecule has 6 nitrogen and oxygen atoms in total. The molecule has 0 saturated carbocycles. The number of anilines is 1. The third kappa shape index (κ3) is 4.86. The molecular formula is C16H16N4O2S. The van der Waals surface area contributed by atoms with Crippen LogP contribution in [0.15, 0.2) is 47.6 Å². The van der Waals surface area contributed by atoms with Crippen LogP contribution < -0.4 is 10.7 Å². The molecule has 0 aromatic heterocycles. The maximum Gasteiger partial charge on any atom is 0.270 e. The number of thiocarbonyl (C=S) groups is 1. The molecule has 0 spiro atoms. The lowest BCUT2D eigenvalue weighted by molar-refractivity contribution is -0.384. The van der Waals surface area contributed by atoms with E-state index in [1.807, 2.05) is 26.0 Å². The van der Waals surface area contributed by atoms with E-state index in [1.54, 1.807) is 12.1 Å². The second-order valence-corrected chi connectivity index (χ2v) is 5.40. The maximum atomic E-state index is 10.7. The van der Waals surface area contributed by atoms with E-state index < -0.39 is 4.92 Å². The molecule has 0 fully saturated rings. The van der Waals surface area contributed by atoms with Crippen LogP contribution in [0.3, 0.4) is 0 Å². The van der Waals surface area contributed by atoms with Crippen LogP contribution in [0.5, 0.6) is 0 Å². The molecule has 2 aromatic carbocycles. The molecule has 0 aliphatic heterocycles. The zero-order valence-corrected chi connectivity index (χ0v) is 13.6. The third-order valence-electron chi connectivity index (χ3n) is 3.09. The molecule has 0 aliphatic carbocycles. The van der Waals surface area contributed by atoms with Crippen molar-refractivity contribution in [3.8, 4) is 0 Å². The molecule has 0 heterocycles. The maximum absolute atomic E-state index is 10.7. The minimum atomic E-state index is -0.447. The molecule has 7 heteroatoms. The Hall–Kier alpha value is -2.80. The van der Waals surface area contributed by atoms with Crippen molar-refractivity contribution in [1.29, 1.82) is 0 Å². The minimum absolute atomic E-state index is 0.0185. The van der Waals surface area contributed by atoms with Gasteiger partial charge in [0.05, 0.1) is 11.1 Å². The smallest absolute Gasteiger partial charge is 0.270 e. The summed E-state index contributed by atoms with van der Waals surface area (Å²) in [7, 11) is 0. The first-order valence-electron chi connectivity index (χ1n) is 6.87. The van der Waals surface area contributed by atoms with Gasteiger partial charge in [0, 0.05) is 23.4 Å². The molecule has 0 unspecified atom stereocenters. The van der Waals surface area contributed by atoms with Gasteiger partial charge in [0.1, 0.15) is 0 Å². The van der Waals surface area contributed by atoms with E-state index in [0.29, 0.717) is 10.7 Å². The highest BCUT2D eigenvalue weighted by molar-refractivity contribution is 7.80. The highest BCUT2D eigenvalue weighted by Gasteiger charge is 2.04. The van der Waals surface area contributed by atoms with Gasteiger partial charge in [0.2, 0.25) is 0 Å². The van der Waals surface area contributed by atoms with Crippen LogP contribution in [0, 0.1) is 24.0 Å². The van der Waals surface area contributed by atoms with Gasteiger partial charge in [0.15, 0.2) is 5.11 Å². The second-order valence-electron chi connectivity index (χ2n) is 4.99. The van der Waals surface area contributed by atoms with E-state index in [9.17, 15) is 10.1 Å². The van der Waals surface area contributed by atoms with Gasteiger partial charge in [-0.3, -0.25) is 15.5 Å². The topological polar surface area (TPSA) is 79.6 Å². The van der Waals surface area contributed by atoms with Crippen molar-refractivity contribution in [2.24, 2.45) is 5.10 Å². The summed E-state index contributed by atoms with van der Waals surface area (Å²) in [6, 6.07) is 12.2. The van der Waals surface area contributed by atoms with E-state index in [-0.39, 0.29) is 5.69 Å². The summed E-state index contributed by atoms with van der Waals surface area (Å²) in [6.07, 6.45) is 1.48. The summed E-state index contributed by atoms with van der Waals surface area (Å²) < 4.78 is 0. The number of nitro benzene ring substituents is 1. The third-order valence-corrected chi connectivity index (χ3v) is 3.28. The molecular weight excluding hydrogens is 312 g/mol. The van der Waals surface area contributed by atoms with Crippen LogP contribution in [0.2, 0.25) is 0 Å². The summed E-state index contributed by atoms with van der Waals surface area (Å²) in [4.78, 5) is 10.3. The normalized spacial score (nSPS) is 10.5. The number of nitrogens with zero attached hydrogens (tertiary/aromatic N) is 2. The lowest BCUT2D eigenvalue weighted by Crippen LogP contribution is -2.24. The van der Waals surface area contributed by atoms with Crippen molar-refractivity contribution in [3.63, 3.8) is 0 Å². The largest absolute Gasteiger partial charge is 0.331 e. The molecule has 0 radical (unpaired) electrons. The Morgan fingerprint density at radius 2 is 2.04 bits per heavy atom.